The minimum absolute atomic E-state index is 0.0351. The molecule has 1 aliphatic carbocycles. The van der Waals surface area contributed by atoms with Gasteiger partial charge in [-0.05, 0) is 56.3 Å². The third-order valence-corrected chi connectivity index (χ3v) is 6.35. The fraction of sp³-hybridized carbons (Fsp3) is 0.480. The lowest BCUT2D eigenvalue weighted by molar-refractivity contribution is -0.127. The van der Waals surface area contributed by atoms with Gasteiger partial charge in [0, 0.05) is 62.3 Å². The first-order valence-electron chi connectivity index (χ1n) is 11.7. The van der Waals surface area contributed by atoms with Gasteiger partial charge in [-0.3, -0.25) is 9.59 Å². The molecule has 1 unspecified atom stereocenters. The summed E-state index contributed by atoms with van der Waals surface area (Å²) in [6, 6.07) is 5.85. The van der Waals surface area contributed by atoms with Crippen molar-refractivity contribution in [3.05, 3.63) is 53.1 Å². The van der Waals surface area contributed by atoms with Gasteiger partial charge in [-0.2, -0.15) is 0 Å². The fourth-order valence-electron chi connectivity index (χ4n) is 4.37. The molecule has 2 fully saturated rings. The Morgan fingerprint density at radius 3 is 2.94 bits per heavy atom. The summed E-state index contributed by atoms with van der Waals surface area (Å²) in [5, 5.41) is 3.02. The molecule has 1 aliphatic heterocycles. The monoisotopic (exact) mass is 451 g/mol. The molecule has 2 aromatic heterocycles. The standard InChI is InChI=1S/C25H33N5O3/c1-26-10-3-6-24(31)29-12-4-5-21(17-29)30(16-18-7-8-18)22-13-20(15-28-25(22)32)19-9-11-27-23(14-19)33-2/h3,6,9,11,13-15,18,21,26H,4-5,7-8,10,12,16-17H2,1-2H3,(H,28,32)/b6-3+. The predicted octanol–water partition coefficient (Wildman–Crippen LogP) is 2.43. The number of carbonyl (C=O) groups excluding carboxylic acids is 1. The number of nitrogens with one attached hydrogen (secondary N) is 2. The molecule has 8 nitrogen and oxygen atoms in total. The Kier molecular flexibility index (Phi) is 7.44. The van der Waals surface area contributed by atoms with Crippen LogP contribution in [0.4, 0.5) is 5.69 Å². The first-order chi connectivity index (χ1) is 16.1. The van der Waals surface area contributed by atoms with Crippen LogP contribution < -0.4 is 20.5 Å². The number of likely N-dealkylation sites (N-methyl/N-ethyl adjacent to an activating group) is 1. The molecule has 0 spiro atoms. The highest BCUT2D eigenvalue weighted by atomic mass is 16.5. The van der Waals surface area contributed by atoms with Crippen LogP contribution in [0.1, 0.15) is 25.7 Å². The second-order valence-corrected chi connectivity index (χ2v) is 8.83. The molecule has 8 heteroatoms. The Hall–Kier alpha value is -3.13. The van der Waals surface area contributed by atoms with Gasteiger partial charge in [0.2, 0.25) is 11.8 Å². The summed E-state index contributed by atoms with van der Waals surface area (Å²) >= 11 is 0. The molecule has 2 aliphatic rings. The van der Waals surface area contributed by atoms with Crippen LogP contribution in [0.2, 0.25) is 0 Å². The lowest BCUT2D eigenvalue weighted by Gasteiger charge is -2.40. The van der Waals surface area contributed by atoms with Crippen LogP contribution in [0.5, 0.6) is 5.88 Å². The number of rotatable bonds is 9. The number of methoxy groups -OCH3 is 1. The minimum Gasteiger partial charge on any atom is -0.481 e. The van der Waals surface area contributed by atoms with Crippen molar-refractivity contribution in [2.24, 2.45) is 5.92 Å². The molecule has 0 bridgehead atoms. The Balaban J connectivity index is 1.60. The lowest BCUT2D eigenvalue weighted by Crippen LogP contribution is -2.51. The van der Waals surface area contributed by atoms with Crippen LogP contribution in [-0.2, 0) is 4.79 Å². The summed E-state index contributed by atoms with van der Waals surface area (Å²) in [5.41, 5.74) is 2.41. The second-order valence-electron chi connectivity index (χ2n) is 8.83. The minimum atomic E-state index is -0.0993. The van der Waals surface area contributed by atoms with E-state index in [0.29, 0.717) is 30.6 Å². The van der Waals surface area contributed by atoms with E-state index in [9.17, 15) is 9.59 Å². The number of piperidine rings is 1. The maximum absolute atomic E-state index is 13.0. The molecular formula is C25H33N5O3. The van der Waals surface area contributed by atoms with Crippen LogP contribution in [0.25, 0.3) is 11.1 Å². The average Bonchev–Trinajstić information content (AvgIpc) is 3.67. The molecule has 3 heterocycles. The Morgan fingerprint density at radius 1 is 1.33 bits per heavy atom. The SMILES string of the molecule is CNC/C=C/C(=O)N1CCCC(N(CC2CC2)c2cc(-c3ccnc(OC)c3)c[nH]c2=O)C1. The molecule has 1 saturated carbocycles. The predicted molar refractivity (Wildman–Crippen MR) is 130 cm³/mol. The molecule has 33 heavy (non-hydrogen) atoms. The van der Waals surface area contributed by atoms with Gasteiger partial charge in [-0.1, -0.05) is 6.08 Å². The number of nitrogens with zero attached hydrogens (tertiary/aromatic N) is 3. The first kappa shape index (κ1) is 23.0. The quantitative estimate of drug-likeness (QED) is 0.569. The van der Waals surface area contributed by atoms with Gasteiger partial charge in [-0.15, -0.1) is 0 Å². The zero-order valence-electron chi connectivity index (χ0n) is 19.4. The number of aromatic amines is 1. The molecule has 0 aromatic carbocycles. The van der Waals surface area contributed by atoms with Gasteiger partial charge in [-0.25, -0.2) is 4.98 Å². The number of pyridine rings is 2. The van der Waals surface area contributed by atoms with E-state index in [1.165, 1.54) is 12.8 Å². The highest BCUT2D eigenvalue weighted by molar-refractivity contribution is 5.87. The molecule has 1 atom stereocenters. The highest BCUT2D eigenvalue weighted by Crippen LogP contribution is 2.34. The van der Waals surface area contributed by atoms with Crippen LogP contribution in [0, 0.1) is 5.92 Å². The second kappa shape index (κ2) is 10.7. The number of hydrogen-bond donors (Lipinski definition) is 2. The third kappa shape index (κ3) is 5.82. The van der Waals surface area contributed by atoms with Crippen molar-refractivity contribution in [3.63, 3.8) is 0 Å². The maximum Gasteiger partial charge on any atom is 0.271 e. The zero-order valence-corrected chi connectivity index (χ0v) is 19.4. The summed E-state index contributed by atoms with van der Waals surface area (Å²) in [6.45, 7) is 2.89. The van der Waals surface area contributed by atoms with Crippen LogP contribution in [0.15, 0.2) is 47.5 Å². The molecule has 4 rings (SSSR count). The topological polar surface area (TPSA) is 90.6 Å². The van der Waals surface area contributed by atoms with E-state index in [4.69, 9.17) is 4.74 Å². The smallest absolute Gasteiger partial charge is 0.271 e. The Bertz CT molecular complexity index is 1050. The molecule has 0 radical (unpaired) electrons. The van der Waals surface area contributed by atoms with Crippen molar-refractivity contribution in [1.29, 1.82) is 0 Å². The Morgan fingerprint density at radius 2 is 2.18 bits per heavy atom. The average molecular weight is 452 g/mol. The number of H-pyrrole nitrogens is 1. The number of likely N-dealkylation sites (tertiary alicyclic amines) is 1. The summed E-state index contributed by atoms with van der Waals surface area (Å²) in [6.07, 6.45) is 11.2. The normalized spacial score (nSPS) is 18.5. The van der Waals surface area contributed by atoms with E-state index >= 15 is 0 Å². The van der Waals surface area contributed by atoms with Gasteiger partial charge < -0.3 is 24.8 Å². The van der Waals surface area contributed by atoms with E-state index in [1.807, 2.05) is 36.2 Å². The van der Waals surface area contributed by atoms with Crippen molar-refractivity contribution < 1.29 is 9.53 Å². The van der Waals surface area contributed by atoms with Crippen molar-refractivity contribution in [3.8, 4) is 17.0 Å². The summed E-state index contributed by atoms with van der Waals surface area (Å²) in [4.78, 5) is 36.9. The van der Waals surface area contributed by atoms with Crippen molar-refractivity contribution in [1.82, 2.24) is 20.2 Å². The van der Waals surface area contributed by atoms with E-state index in [-0.39, 0.29) is 17.5 Å². The molecule has 176 valence electrons. The molecule has 1 amide bonds. The number of carbonyl (C=O) groups is 1. The first-order valence-corrected chi connectivity index (χ1v) is 11.7. The molecule has 2 aromatic rings. The van der Waals surface area contributed by atoms with E-state index < -0.39 is 0 Å². The van der Waals surface area contributed by atoms with Gasteiger partial charge in [0.05, 0.1) is 7.11 Å². The maximum atomic E-state index is 13.0. The number of ether oxygens (including phenoxy) is 1. The van der Waals surface area contributed by atoms with Gasteiger partial charge >= 0.3 is 0 Å². The largest absolute Gasteiger partial charge is 0.481 e. The van der Waals surface area contributed by atoms with E-state index in [0.717, 1.165) is 37.1 Å². The lowest BCUT2D eigenvalue weighted by atomic mass is 10.0. The van der Waals surface area contributed by atoms with Crippen molar-refractivity contribution in [2.45, 2.75) is 31.7 Å². The third-order valence-electron chi connectivity index (χ3n) is 6.35. The summed E-state index contributed by atoms with van der Waals surface area (Å²) < 4.78 is 5.26. The van der Waals surface area contributed by atoms with Crippen LogP contribution >= 0.6 is 0 Å². The highest BCUT2D eigenvalue weighted by Gasteiger charge is 2.33. The van der Waals surface area contributed by atoms with Crippen LogP contribution in [0.3, 0.4) is 0 Å². The van der Waals surface area contributed by atoms with Gasteiger partial charge in [0.1, 0.15) is 5.69 Å². The number of anilines is 1. The number of aromatic nitrogens is 2. The van der Waals surface area contributed by atoms with Crippen LogP contribution in [-0.4, -0.2) is 67.2 Å². The van der Waals surface area contributed by atoms with Crippen molar-refractivity contribution in [2.75, 3.05) is 45.2 Å². The number of amides is 1. The fourth-order valence-corrected chi connectivity index (χ4v) is 4.37. The van der Waals surface area contributed by atoms with Gasteiger partial charge in [0.25, 0.3) is 5.56 Å². The van der Waals surface area contributed by atoms with E-state index in [1.54, 1.807) is 25.6 Å². The Labute approximate surface area is 194 Å². The van der Waals surface area contributed by atoms with Crippen molar-refractivity contribution >= 4 is 11.6 Å². The molecule has 1 saturated heterocycles. The zero-order chi connectivity index (χ0) is 23.2. The molecule has 2 N–H and O–H groups in total. The summed E-state index contributed by atoms with van der Waals surface area (Å²) in [5.74, 6) is 1.17. The molecular weight excluding hydrogens is 418 g/mol. The van der Waals surface area contributed by atoms with E-state index in [2.05, 4.69) is 20.2 Å². The number of hydrogen-bond acceptors (Lipinski definition) is 6. The summed E-state index contributed by atoms with van der Waals surface area (Å²) in [7, 11) is 3.45. The van der Waals surface area contributed by atoms with Gasteiger partial charge in [0.15, 0.2) is 0 Å².